The van der Waals surface area contributed by atoms with Crippen LogP contribution < -0.4 is 11.3 Å². The van der Waals surface area contributed by atoms with Crippen molar-refractivity contribution in [3.05, 3.63) is 21.7 Å². The van der Waals surface area contributed by atoms with Crippen LogP contribution in [-0.4, -0.2) is 15.3 Å². The summed E-state index contributed by atoms with van der Waals surface area (Å²) in [5.74, 6) is 0.00386. The second kappa shape index (κ2) is 3.07. The van der Waals surface area contributed by atoms with Crippen molar-refractivity contribution in [1.29, 1.82) is 0 Å². The first-order valence-electron chi connectivity index (χ1n) is 3.44. The highest BCUT2D eigenvalue weighted by Crippen LogP contribution is 2.02. The van der Waals surface area contributed by atoms with Crippen molar-refractivity contribution < 1.29 is 0 Å². The molecule has 0 unspecified atom stereocenters. The topological polar surface area (TPSA) is 71.8 Å². The van der Waals surface area contributed by atoms with E-state index in [1.54, 1.807) is 6.92 Å². The van der Waals surface area contributed by atoms with Crippen molar-refractivity contribution >= 4 is 20.0 Å². The fraction of sp³-hybridized carbons (Fsp3) is 0.286. The molecular weight excluding hydrogens is 173 g/mol. The third-order valence-corrected chi connectivity index (χ3v) is 1.75. The monoisotopic (exact) mass is 183 g/mol. The second-order valence-corrected chi connectivity index (χ2v) is 3.29. The van der Waals surface area contributed by atoms with E-state index in [0.717, 1.165) is 5.29 Å². The predicted octanol–water partition coefficient (Wildman–Crippen LogP) is 0.344. The van der Waals surface area contributed by atoms with Gasteiger partial charge in [-0.2, -0.15) is 0 Å². The summed E-state index contributed by atoms with van der Waals surface area (Å²) in [6, 6.07) is 0. The van der Waals surface area contributed by atoms with Crippen molar-refractivity contribution in [3.8, 4) is 0 Å². The predicted molar refractivity (Wildman–Crippen MR) is 52.1 cm³/mol. The Labute approximate surface area is 72.1 Å². The van der Waals surface area contributed by atoms with Crippen LogP contribution >= 0.6 is 8.86 Å². The average Bonchev–Trinajstić information content (AvgIpc) is 1.96. The van der Waals surface area contributed by atoms with Gasteiger partial charge in [0.05, 0.1) is 11.4 Å². The minimum Gasteiger partial charge on any atom is -0.379 e. The van der Waals surface area contributed by atoms with E-state index in [1.807, 2.05) is 6.92 Å². The SMILES string of the molecule is CC(=P)c1[nH]c(=O)c(N)nc1C. The molecule has 12 heavy (non-hydrogen) atoms. The van der Waals surface area contributed by atoms with Crippen LogP contribution in [0.1, 0.15) is 18.3 Å². The van der Waals surface area contributed by atoms with Crippen molar-refractivity contribution in [2.45, 2.75) is 13.8 Å². The highest BCUT2D eigenvalue weighted by atomic mass is 31.0. The minimum absolute atomic E-state index is 0.00386. The third-order valence-electron chi connectivity index (χ3n) is 1.50. The van der Waals surface area contributed by atoms with Gasteiger partial charge in [-0.1, -0.05) is 0 Å². The number of aryl methyl sites for hydroxylation is 1. The second-order valence-electron chi connectivity index (χ2n) is 2.54. The van der Waals surface area contributed by atoms with Gasteiger partial charge in [-0.3, -0.25) is 4.79 Å². The molecule has 0 fully saturated rings. The molecule has 0 aliphatic rings. The van der Waals surface area contributed by atoms with E-state index in [4.69, 9.17) is 5.73 Å². The Morgan fingerprint density at radius 2 is 2.25 bits per heavy atom. The lowest BCUT2D eigenvalue weighted by atomic mass is 10.2. The smallest absolute Gasteiger partial charge is 0.290 e. The molecule has 0 aromatic carbocycles. The maximum absolute atomic E-state index is 11.0. The highest BCUT2D eigenvalue weighted by molar-refractivity contribution is 7.21. The largest absolute Gasteiger partial charge is 0.379 e. The molecule has 4 nitrogen and oxygen atoms in total. The maximum Gasteiger partial charge on any atom is 0.290 e. The summed E-state index contributed by atoms with van der Waals surface area (Å²) in [4.78, 5) is 17.5. The van der Waals surface area contributed by atoms with Crippen LogP contribution in [0.5, 0.6) is 0 Å². The fourth-order valence-electron chi connectivity index (χ4n) is 0.920. The third kappa shape index (κ3) is 1.53. The molecule has 5 heteroatoms. The van der Waals surface area contributed by atoms with Gasteiger partial charge >= 0.3 is 0 Å². The molecule has 0 atom stereocenters. The molecule has 0 amide bonds. The number of aromatic nitrogens is 2. The average molecular weight is 183 g/mol. The minimum atomic E-state index is -0.354. The van der Waals surface area contributed by atoms with Gasteiger partial charge in [0.2, 0.25) is 0 Å². The number of nitrogens with zero attached hydrogens (tertiary/aromatic N) is 1. The first-order chi connectivity index (χ1) is 5.52. The quantitative estimate of drug-likeness (QED) is 0.617. The molecule has 1 aromatic heterocycles. The molecule has 1 heterocycles. The van der Waals surface area contributed by atoms with E-state index in [9.17, 15) is 4.79 Å². The molecule has 64 valence electrons. The van der Waals surface area contributed by atoms with Crippen LogP contribution in [0.3, 0.4) is 0 Å². The molecule has 1 aromatic rings. The molecule has 0 radical (unpaired) electrons. The van der Waals surface area contributed by atoms with E-state index in [-0.39, 0.29) is 11.4 Å². The lowest BCUT2D eigenvalue weighted by Gasteiger charge is -2.02. The number of rotatable bonds is 1. The van der Waals surface area contributed by atoms with Crippen LogP contribution in [-0.2, 0) is 0 Å². The zero-order chi connectivity index (χ0) is 9.30. The first kappa shape index (κ1) is 8.94. The fourth-order valence-corrected chi connectivity index (χ4v) is 1.16. The summed E-state index contributed by atoms with van der Waals surface area (Å²) in [7, 11) is 3.31. The molecule has 0 aliphatic heterocycles. The highest BCUT2D eigenvalue weighted by Gasteiger charge is 2.04. The number of nitrogens with one attached hydrogen (secondary N) is 1. The van der Waals surface area contributed by atoms with Gasteiger partial charge in [0.25, 0.3) is 5.56 Å². The standard InChI is InChI=1S/C7H10N3OP/c1-3-5(4(2)12)10-7(11)6(8)9-3/h12H,1-2H3,(H2,8,9)(H,10,11). The molecule has 0 saturated carbocycles. The van der Waals surface area contributed by atoms with Gasteiger partial charge in [0, 0.05) is 0 Å². The van der Waals surface area contributed by atoms with Crippen LogP contribution in [0.25, 0.3) is 0 Å². The van der Waals surface area contributed by atoms with E-state index < -0.39 is 0 Å². The molecule has 0 saturated heterocycles. The molecule has 0 bridgehead atoms. The molecule has 1 rings (SSSR count). The normalized spacial score (nSPS) is 9.83. The summed E-state index contributed by atoms with van der Waals surface area (Å²) in [5.41, 5.74) is 6.35. The van der Waals surface area contributed by atoms with Crippen LogP contribution in [0.15, 0.2) is 4.79 Å². The summed E-state index contributed by atoms with van der Waals surface area (Å²) in [5, 5.41) is 0.831. The van der Waals surface area contributed by atoms with E-state index in [0.29, 0.717) is 11.4 Å². The first-order valence-corrected chi connectivity index (χ1v) is 3.94. The zero-order valence-corrected chi connectivity index (χ0v) is 7.93. The van der Waals surface area contributed by atoms with Gasteiger partial charge in [-0.25, -0.2) is 4.98 Å². The van der Waals surface area contributed by atoms with Crippen LogP contribution in [0.2, 0.25) is 0 Å². The summed E-state index contributed by atoms with van der Waals surface area (Å²) < 4.78 is 0. The van der Waals surface area contributed by atoms with Crippen molar-refractivity contribution in [3.63, 3.8) is 0 Å². The Morgan fingerprint density at radius 1 is 1.67 bits per heavy atom. The number of aromatic amines is 1. The Bertz CT molecular complexity index is 383. The zero-order valence-electron chi connectivity index (χ0n) is 6.93. The van der Waals surface area contributed by atoms with Gasteiger partial charge in [0.1, 0.15) is 0 Å². The van der Waals surface area contributed by atoms with E-state index >= 15 is 0 Å². The molecule has 3 N–H and O–H groups in total. The van der Waals surface area contributed by atoms with Gasteiger partial charge < -0.3 is 10.7 Å². The Balaban J connectivity index is 3.43. The molecule has 0 spiro atoms. The number of hydrogen-bond donors (Lipinski definition) is 2. The Morgan fingerprint density at radius 3 is 2.75 bits per heavy atom. The van der Waals surface area contributed by atoms with Crippen LogP contribution in [0.4, 0.5) is 5.82 Å². The number of nitrogens with two attached hydrogens (primary N) is 1. The van der Waals surface area contributed by atoms with Crippen LogP contribution in [0, 0.1) is 6.92 Å². The lowest BCUT2D eigenvalue weighted by Crippen LogP contribution is -2.19. The van der Waals surface area contributed by atoms with E-state index in [2.05, 4.69) is 18.8 Å². The Hall–Kier alpha value is -1.15. The Kier molecular flexibility index (Phi) is 2.29. The molecule has 0 aliphatic carbocycles. The lowest BCUT2D eigenvalue weighted by molar-refractivity contribution is 1.07. The maximum atomic E-state index is 11.0. The molecular formula is C7H10N3OP. The number of H-pyrrole nitrogens is 1. The number of hydrogen-bond acceptors (Lipinski definition) is 3. The van der Waals surface area contributed by atoms with Crippen molar-refractivity contribution in [2.75, 3.05) is 5.73 Å². The van der Waals surface area contributed by atoms with Crippen molar-refractivity contribution in [1.82, 2.24) is 9.97 Å². The summed E-state index contributed by atoms with van der Waals surface area (Å²) in [6.45, 7) is 3.61. The summed E-state index contributed by atoms with van der Waals surface area (Å²) in [6.07, 6.45) is 0. The number of anilines is 1. The number of nitrogen functional groups attached to an aromatic ring is 1. The van der Waals surface area contributed by atoms with E-state index in [1.165, 1.54) is 0 Å². The van der Waals surface area contributed by atoms with Gasteiger partial charge in [-0.15, -0.1) is 8.86 Å². The van der Waals surface area contributed by atoms with Gasteiger partial charge in [-0.05, 0) is 19.1 Å². The summed E-state index contributed by atoms with van der Waals surface area (Å²) >= 11 is 0. The van der Waals surface area contributed by atoms with Crippen molar-refractivity contribution in [2.24, 2.45) is 0 Å². The van der Waals surface area contributed by atoms with Gasteiger partial charge in [0.15, 0.2) is 5.82 Å².